The molecule has 0 aromatic rings. The van der Waals surface area contributed by atoms with Crippen LogP contribution >= 0.6 is 0 Å². The van der Waals surface area contributed by atoms with Crippen LogP contribution in [-0.4, -0.2) is 17.8 Å². The first-order valence-corrected chi connectivity index (χ1v) is 9.22. The summed E-state index contributed by atoms with van der Waals surface area (Å²) >= 11 is 0. The van der Waals surface area contributed by atoms with Crippen molar-refractivity contribution in [2.24, 2.45) is 5.73 Å². The maximum Gasteiger partial charge on any atom is 0.0585 e. The highest BCUT2D eigenvalue weighted by Crippen LogP contribution is 2.13. The number of hydrogen-bond acceptors (Lipinski definition) is 2. The van der Waals surface area contributed by atoms with Gasteiger partial charge in [0.2, 0.25) is 0 Å². The molecule has 3 N–H and O–H groups in total. The number of rotatable bonds is 15. The number of aliphatic hydroxyl groups is 1. The molecule has 21 heavy (non-hydrogen) atoms. The maximum atomic E-state index is 8.90. The van der Waals surface area contributed by atoms with Gasteiger partial charge in [0, 0.05) is 6.04 Å². The first-order chi connectivity index (χ1) is 10.2. The molecule has 0 heterocycles. The number of unbranched alkanes of at least 4 members (excludes halogenated alkanes) is 11. The maximum absolute atomic E-state index is 8.90. The van der Waals surface area contributed by atoms with Crippen molar-refractivity contribution >= 4 is 0 Å². The highest BCUT2D eigenvalue weighted by atomic mass is 16.3. The van der Waals surface area contributed by atoms with Crippen molar-refractivity contribution in [2.75, 3.05) is 6.61 Å². The van der Waals surface area contributed by atoms with Crippen molar-refractivity contribution in [3.8, 4) is 0 Å². The van der Waals surface area contributed by atoms with Gasteiger partial charge in [-0.05, 0) is 26.2 Å². The van der Waals surface area contributed by atoms with Gasteiger partial charge < -0.3 is 10.8 Å². The van der Waals surface area contributed by atoms with Gasteiger partial charge in [-0.15, -0.1) is 0 Å². The zero-order valence-corrected chi connectivity index (χ0v) is 14.6. The van der Waals surface area contributed by atoms with Crippen molar-refractivity contribution in [3.05, 3.63) is 11.6 Å². The number of nitrogens with two attached hydrogens (primary N) is 1. The Morgan fingerprint density at radius 2 is 1.38 bits per heavy atom. The Labute approximate surface area is 133 Å². The molecule has 0 amide bonds. The van der Waals surface area contributed by atoms with Gasteiger partial charge in [-0.25, -0.2) is 0 Å². The van der Waals surface area contributed by atoms with Crippen molar-refractivity contribution in [1.29, 1.82) is 0 Å². The number of aliphatic hydroxyl groups excluding tert-OH is 1. The Bertz CT molecular complexity index is 238. The van der Waals surface area contributed by atoms with Gasteiger partial charge in [-0.3, -0.25) is 0 Å². The third-order valence-electron chi connectivity index (χ3n) is 4.12. The van der Waals surface area contributed by atoms with Crippen molar-refractivity contribution in [3.63, 3.8) is 0 Å². The predicted molar refractivity (Wildman–Crippen MR) is 94.5 cm³/mol. The zero-order chi connectivity index (χ0) is 15.8. The number of allylic oxidation sites excluding steroid dienone is 1. The fourth-order valence-corrected chi connectivity index (χ4v) is 2.72. The van der Waals surface area contributed by atoms with Crippen LogP contribution in [-0.2, 0) is 0 Å². The Kier molecular flexibility index (Phi) is 15.8. The van der Waals surface area contributed by atoms with E-state index in [2.05, 4.69) is 19.9 Å². The second-order valence-electron chi connectivity index (χ2n) is 6.52. The van der Waals surface area contributed by atoms with Gasteiger partial charge in [0.15, 0.2) is 0 Å². The molecule has 2 nitrogen and oxygen atoms in total. The second-order valence-corrected chi connectivity index (χ2v) is 6.52. The van der Waals surface area contributed by atoms with Crippen molar-refractivity contribution in [1.82, 2.24) is 0 Å². The van der Waals surface area contributed by atoms with Gasteiger partial charge in [0.25, 0.3) is 0 Å². The fraction of sp³-hybridized carbons (Fsp3) is 0.895. The quantitative estimate of drug-likeness (QED) is 0.316. The summed E-state index contributed by atoms with van der Waals surface area (Å²) in [6.07, 6.45) is 19.7. The molecule has 1 atom stereocenters. The molecule has 0 aromatic heterocycles. The fourth-order valence-electron chi connectivity index (χ4n) is 2.72. The predicted octanol–water partition coefficient (Wildman–Crippen LogP) is 5.34. The van der Waals surface area contributed by atoms with E-state index in [4.69, 9.17) is 10.8 Å². The molecular formula is C19H39NO. The summed E-state index contributed by atoms with van der Waals surface area (Å²) in [7, 11) is 0. The van der Waals surface area contributed by atoms with Gasteiger partial charge in [-0.2, -0.15) is 0 Å². The molecule has 0 aromatic carbocycles. The molecule has 126 valence electrons. The largest absolute Gasteiger partial charge is 0.395 e. The molecule has 0 fully saturated rings. The van der Waals surface area contributed by atoms with Crippen LogP contribution < -0.4 is 5.73 Å². The molecule has 0 saturated carbocycles. The lowest BCUT2D eigenvalue weighted by molar-refractivity contribution is 0.265. The first kappa shape index (κ1) is 20.7. The van der Waals surface area contributed by atoms with E-state index in [1.807, 2.05) is 0 Å². The van der Waals surface area contributed by atoms with Gasteiger partial charge >= 0.3 is 0 Å². The van der Waals surface area contributed by atoms with E-state index in [1.165, 1.54) is 82.6 Å². The number of hydrogen-bond donors (Lipinski definition) is 2. The molecular weight excluding hydrogens is 258 g/mol. The molecule has 0 radical (unpaired) electrons. The van der Waals surface area contributed by atoms with Crippen LogP contribution in [0.1, 0.15) is 97.3 Å². The minimum absolute atomic E-state index is 0.0847. The van der Waals surface area contributed by atoms with E-state index in [0.29, 0.717) is 0 Å². The van der Waals surface area contributed by atoms with Crippen LogP contribution in [0.5, 0.6) is 0 Å². The first-order valence-electron chi connectivity index (χ1n) is 9.22. The summed E-state index contributed by atoms with van der Waals surface area (Å²) in [5.74, 6) is 0. The van der Waals surface area contributed by atoms with Gasteiger partial charge in [-0.1, -0.05) is 82.8 Å². The average molecular weight is 298 g/mol. The summed E-state index contributed by atoms with van der Waals surface area (Å²) in [6, 6.07) is -0.0847. The standard InChI is InChI=1S/C19H39NO/c1-3-4-5-6-7-8-9-10-11-12-13-14-15-18(2)16-19(20)17-21/h15,19,21H,3-14,16-17,20H2,1-2H3/b18-15-. The lowest BCUT2D eigenvalue weighted by Gasteiger charge is -2.07. The summed E-state index contributed by atoms with van der Waals surface area (Å²) in [5, 5.41) is 8.90. The SMILES string of the molecule is CCCCCCCCCCCCC/C=C(/C)CC(N)CO. The molecule has 0 saturated heterocycles. The summed E-state index contributed by atoms with van der Waals surface area (Å²) in [5.41, 5.74) is 7.04. The third-order valence-corrected chi connectivity index (χ3v) is 4.12. The Hall–Kier alpha value is -0.340. The topological polar surface area (TPSA) is 46.2 Å². The molecule has 0 rings (SSSR count). The molecule has 0 aliphatic carbocycles. The Morgan fingerprint density at radius 1 is 0.905 bits per heavy atom. The van der Waals surface area contributed by atoms with E-state index in [-0.39, 0.29) is 12.6 Å². The molecule has 2 heteroatoms. The highest BCUT2D eigenvalue weighted by molar-refractivity contribution is 5.00. The van der Waals surface area contributed by atoms with Crippen LogP contribution in [0, 0.1) is 0 Å². The molecule has 0 aliphatic rings. The van der Waals surface area contributed by atoms with Crippen LogP contribution in [0.3, 0.4) is 0 Å². The van der Waals surface area contributed by atoms with Gasteiger partial charge in [0.05, 0.1) is 6.61 Å². The van der Waals surface area contributed by atoms with E-state index in [9.17, 15) is 0 Å². The zero-order valence-electron chi connectivity index (χ0n) is 14.6. The van der Waals surface area contributed by atoms with Crippen LogP contribution in [0.2, 0.25) is 0 Å². The molecule has 1 unspecified atom stereocenters. The minimum Gasteiger partial charge on any atom is -0.395 e. The summed E-state index contributed by atoms with van der Waals surface area (Å²) in [4.78, 5) is 0. The monoisotopic (exact) mass is 297 g/mol. The Morgan fingerprint density at radius 3 is 1.86 bits per heavy atom. The minimum atomic E-state index is -0.0847. The van der Waals surface area contributed by atoms with Crippen LogP contribution in [0.25, 0.3) is 0 Å². The highest BCUT2D eigenvalue weighted by Gasteiger charge is 2.00. The van der Waals surface area contributed by atoms with Gasteiger partial charge in [0.1, 0.15) is 0 Å². The van der Waals surface area contributed by atoms with E-state index in [0.717, 1.165) is 6.42 Å². The van der Waals surface area contributed by atoms with E-state index in [1.54, 1.807) is 0 Å². The normalized spacial score (nSPS) is 13.6. The lowest BCUT2D eigenvalue weighted by Crippen LogP contribution is -2.24. The van der Waals surface area contributed by atoms with Crippen LogP contribution in [0.4, 0.5) is 0 Å². The summed E-state index contributed by atoms with van der Waals surface area (Å²) < 4.78 is 0. The molecule has 0 aliphatic heterocycles. The van der Waals surface area contributed by atoms with Crippen molar-refractivity contribution < 1.29 is 5.11 Å². The second kappa shape index (κ2) is 16.0. The third kappa shape index (κ3) is 15.9. The van der Waals surface area contributed by atoms with Crippen LogP contribution in [0.15, 0.2) is 11.6 Å². The van der Waals surface area contributed by atoms with Crippen molar-refractivity contribution in [2.45, 2.75) is 103 Å². The molecule has 0 bridgehead atoms. The Balaban J connectivity index is 3.23. The summed E-state index contributed by atoms with van der Waals surface area (Å²) in [6.45, 7) is 4.48. The van der Waals surface area contributed by atoms with E-state index < -0.39 is 0 Å². The molecule has 0 spiro atoms. The average Bonchev–Trinajstić information content (AvgIpc) is 2.48. The lowest BCUT2D eigenvalue weighted by atomic mass is 10.0. The van der Waals surface area contributed by atoms with E-state index >= 15 is 0 Å². The smallest absolute Gasteiger partial charge is 0.0585 e.